The standard InChI is InChI=1S/C18H20N6O2/c25-18(14-5-3-6-15(11-14)24-13-20-21-22-24)19-12-16(17-7-4-10-26-17)23-8-1-2-9-23/h3-7,10-11,13,16H,1-2,8-9,12H2,(H,19,25)/t16-/m1/s1. The molecule has 1 fully saturated rings. The van der Waals surface area contributed by atoms with Gasteiger partial charge in [-0.25, -0.2) is 4.68 Å². The fourth-order valence-electron chi connectivity index (χ4n) is 3.30. The van der Waals surface area contributed by atoms with Crippen LogP contribution in [0, 0.1) is 0 Å². The zero-order valence-corrected chi connectivity index (χ0v) is 14.3. The summed E-state index contributed by atoms with van der Waals surface area (Å²) in [7, 11) is 0. The van der Waals surface area contributed by atoms with E-state index in [4.69, 9.17) is 4.42 Å². The van der Waals surface area contributed by atoms with E-state index < -0.39 is 0 Å². The molecular formula is C18H20N6O2. The largest absolute Gasteiger partial charge is 0.468 e. The number of hydrogen-bond donors (Lipinski definition) is 1. The van der Waals surface area contributed by atoms with E-state index in [0.29, 0.717) is 12.1 Å². The molecule has 1 atom stereocenters. The smallest absolute Gasteiger partial charge is 0.251 e. The summed E-state index contributed by atoms with van der Waals surface area (Å²) >= 11 is 0. The van der Waals surface area contributed by atoms with Gasteiger partial charge in [0.25, 0.3) is 5.91 Å². The third-order valence-corrected chi connectivity index (χ3v) is 4.63. The summed E-state index contributed by atoms with van der Waals surface area (Å²) in [5.41, 5.74) is 1.31. The quantitative estimate of drug-likeness (QED) is 0.728. The van der Waals surface area contributed by atoms with Gasteiger partial charge in [-0.05, 0) is 66.7 Å². The van der Waals surface area contributed by atoms with Crippen LogP contribution in [-0.2, 0) is 0 Å². The molecule has 1 saturated heterocycles. The summed E-state index contributed by atoms with van der Waals surface area (Å²) in [5.74, 6) is 0.755. The van der Waals surface area contributed by atoms with Crippen molar-refractivity contribution >= 4 is 5.91 Å². The van der Waals surface area contributed by atoms with Crippen LogP contribution in [0.5, 0.6) is 0 Å². The first-order valence-electron chi connectivity index (χ1n) is 8.70. The average Bonchev–Trinajstić information content (AvgIpc) is 3.45. The molecule has 0 spiro atoms. The number of hydrogen-bond acceptors (Lipinski definition) is 6. The molecule has 0 saturated carbocycles. The van der Waals surface area contributed by atoms with Crippen LogP contribution in [0.25, 0.3) is 5.69 Å². The monoisotopic (exact) mass is 352 g/mol. The van der Waals surface area contributed by atoms with E-state index in [1.165, 1.54) is 23.9 Å². The van der Waals surface area contributed by atoms with Crippen LogP contribution in [0.4, 0.5) is 0 Å². The maximum Gasteiger partial charge on any atom is 0.251 e. The Morgan fingerprint density at radius 3 is 2.85 bits per heavy atom. The number of carbonyl (C=O) groups excluding carboxylic acids is 1. The maximum atomic E-state index is 12.6. The predicted molar refractivity (Wildman–Crippen MR) is 93.7 cm³/mol. The summed E-state index contributed by atoms with van der Waals surface area (Å²) in [4.78, 5) is 15.0. The Kier molecular flexibility index (Phi) is 4.74. The second kappa shape index (κ2) is 7.49. The highest BCUT2D eigenvalue weighted by molar-refractivity contribution is 5.94. The maximum absolute atomic E-state index is 12.6. The molecule has 0 unspecified atom stereocenters. The average molecular weight is 352 g/mol. The van der Waals surface area contributed by atoms with Gasteiger partial charge >= 0.3 is 0 Å². The van der Waals surface area contributed by atoms with Crippen LogP contribution in [0.1, 0.15) is 35.0 Å². The van der Waals surface area contributed by atoms with E-state index in [1.807, 2.05) is 24.3 Å². The van der Waals surface area contributed by atoms with Crippen LogP contribution < -0.4 is 5.32 Å². The molecule has 26 heavy (non-hydrogen) atoms. The number of rotatable bonds is 6. The lowest BCUT2D eigenvalue weighted by Crippen LogP contribution is -2.36. The van der Waals surface area contributed by atoms with E-state index in [9.17, 15) is 4.79 Å². The Labute approximate surface area is 150 Å². The van der Waals surface area contributed by atoms with Gasteiger partial charge in [0.05, 0.1) is 18.0 Å². The predicted octanol–water partition coefficient (Wildman–Crippen LogP) is 1.82. The number of furan rings is 1. The van der Waals surface area contributed by atoms with Crippen molar-refractivity contribution in [2.75, 3.05) is 19.6 Å². The van der Waals surface area contributed by atoms with Gasteiger partial charge in [0.1, 0.15) is 12.1 Å². The van der Waals surface area contributed by atoms with Crippen molar-refractivity contribution in [2.24, 2.45) is 0 Å². The number of amides is 1. The van der Waals surface area contributed by atoms with Gasteiger partial charge in [0.2, 0.25) is 0 Å². The number of carbonyl (C=O) groups is 1. The Morgan fingerprint density at radius 2 is 2.12 bits per heavy atom. The first-order valence-corrected chi connectivity index (χ1v) is 8.70. The number of nitrogens with zero attached hydrogens (tertiary/aromatic N) is 5. The highest BCUT2D eigenvalue weighted by Gasteiger charge is 2.26. The van der Waals surface area contributed by atoms with Crippen LogP contribution in [0.15, 0.2) is 53.4 Å². The van der Waals surface area contributed by atoms with E-state index in [0.717, 1.165) is 24.5 Å². The van der Waals surface area contributed by atoms with E-state index in [1.54, 1.807) is 18.4 Å². The van der Waals surface area contributed by atoms with Crippen LogP contribution >= 0.6 is 0 Å². The summed E-state index contributed by atoms with van der Waals surface area (Å²) < 4.78 is 7.12. The SMILES string of the molecule is O=C(NC[C@H](c1ccco1)N1CCCC1)c1cccc(-n2cnnn2)c1. The summed E-state index contributed by atoms with van der Waals surface area (Å²) in [5, 5.41) is 14.1. The van der Waals surface area contributed by atoms with Crippen molar-refractivity contribution in [3.63, 3.8) is 0 Å². The molecule has 8 heteroatoms. The van der Waals surface area contributed by atoms with Crippen LogP contribution in [-0.4, -0.2) is 50.6 Å². The molecule has 4 rings (SSSR count). The minimum Gasteiger partial charge on any atom is -0.468 e. The molecule has 2 aromatic heterocycles. The first-order chi connectivity index (χ1) is 12.8. The van der Waals surface area contributed by atoms with Gasteiger partial charge in [-0.3, -0.25) is 9.69 Å². The van der Waals surface area contributed by atoms with E-state index in [-0.39, 0.29) is 11.9 Å². The topological polar surface area (TPSA) is 89.1 Å². The molecule has 1 N–H and O–H groups in total. The molecule has 1 amide bonds. The molecule has 8 nitrogen and oxygen atoms in total. The van der Waals surface area contributed by atoms with Crippen molar-refractivity contribution in [3.05, 3.63) is 60.3 Å². The minimum atomic E-state index is -0.129. The first kappa shape index (κ1) is 16.5. The van der Waals surface area contributed by atoms with Gasteiger partial charge in [-0.1, -0.05) is 6.07 Å². The van der Waals surface area contributed by atoms with Gasteiger partial charge in [-0.2, -0.15) is 0 Å². The zero-order chi connectivity index (χ0) is 17.8. The van der Waals surface area contributed by atoms with E-state index in [2.05, 4.69) is 25.7 Å². The molecule has 0 radical (unpaired) electrons. The molecule has 0 aliphatic carbocycles. The summed E-state index contributed by atoms with van der Waals surface area (Å²) in [6, 6.07) is 11.1. The van der Waals surface area contributed by atoms with Gasteiger partial charge < -0.3 is 9.73 Å². The van der Waals surface area contributed by atoms with Gasteiger partial charge in [-0.15, -0.1) is 5.10 Å². The highest BCUT2D eigenvalue weighted by Crippen LogP contribution is 2.25. The van der Waals surface area contributed by atoms with E-state index >= 15 is 0 Å². The Morgan fingerprint density at radius 1 is 1.23 bits per heavy atom. The van der Waals surface area contributed by atoms with Gasteiger partial charge in [0.15, 0.2) is 0 Å². The zero-order valence-electron chi connectivity index (χ0n) is 14.3. The molecule has 1 aromatic carbocycles. The molecule has 3 aromatic rings. The van der Waals surface area contributed by atoms with Crippen molar-refractivity contribution in [1.82, 2.24) is 30.4 Å². The Balaban J connectivity index is 1.46. The number of likely N-dealkylation sites (tertiary alicyclic amines) is 1. The van der Waals surface area contributed by atoms with Gasteiger partial charge in [0, 0.05) is 12.1 Å². The molecule has 134 valence electrons. The van der Waals surface area contributed by atoms with Crippen molar-refractivity contribution in [1.29, 1.82) is 0 Å². The lowest BCUT2D eigenvalue weighted by molar-refractivity contribution is 0.0933. The molecule has 1 aliphatic rings. The number of benzene rings is 1. The number of aromatic nitrogens is 4. The third kappa shape index (κ3) is 3.50. The fraction of sp³-hybridized carbons (Fsp3) is 0.333. The lowest BCUT2D eigenvalue weighted by Gasteiger charge is -2.26. The summed E-state index contributed by atoms with van der Waals surface area (Å²) in [6.07, 6.45) is 5.53. The Hall–Kier alpha value is -3.00. The Bertz CT molecular complexity index is 840. The van der Waals surface area contributed by atoms with Crippen LogP contribution in [0.3, 0.4) is 0 Å². The normalized spacial score (nSPS) is 15.8. The molecule has 1 aliphatic heterocycles. The minimum absolute atomic E-state index is 0.0548. The van der Waals surface area contributed by atoms with Crippen molar-refractivity contribution in [2.45, 2.75) is 18.9 Å². The van der Waals surface area contributed by atoms with Crippen molar-refractivity contribution in [3.8, 4) is 5.69 Å². The lowest BCUT2D eigenvalue weighted by atomic mass is 10.1. The highest BCUT2D eigenvalue weighted by atomic mass is 16.3. The second-order valence-electron chi connectivity index (χ2n) is 6.29. The second-order valence-corrected chi connectivity index (χ2v) is 6.29. The number of nitrogens with one attached hydrogen (secondary N) is 1. The number of tetrazole rings is 1. The third-order valence-electron chi connectivity index (χ3n) is 4.63. The van der Waals surface area contributed by atoms with Crippen LogP contribution in [0.2, 0.25) is 0 Å². The molecule has 3 heterocycles. The summed E-state index contributed by atoms with van der Waals surface area (Å²) in [6.45, 7) is 2.55. The fourth-order valence-corrected chi connectivity index (χ4v) is 3.30. The molecule has 0 bridgehead atoms. The molecular weight excluding hydrogens is 332 g/mol. The van der Waals surface area contributed by atoms with Crippen molar-refractivity contribution < 1.29 is 9.21 Å².